The second-order valence-electron chi connectivity index (χ2n) is 5.89. The molecule has 0 aromatic heterocycles. The van der Waals surface area contributed by atoms with Crippen molar-refractivity contribution in [2.75, 3.05) is 26.8 Å². The number of urea groups is 1. The van der Waals surface area contributed by atoms with Crippen molar-refractivity contribution in [2.45, 2.75) is 52.0 Å². The standard InChI is InChI=1S/C15H28N2O4/c1-4-12(2)17(9-10-21-3)14(20)16-11-15(13(18)19)7-5-6-8-15/h12H,4-11H2,1-3H3,(H,16,20)(H,18,19). The highest BCUT2D eigenvalue weighted by molar-refractivity contribution is 5.78. The average molecular weight is 300 g/mol. The lowest BCUT2D eigenvalue weighted by atomic mass is 9.86. The molecule has 1 rings (SSSR count). The Hall–Kier alpha value is -1.30. The van der Waals surface area contributed by atoms with Crippen molar-refractivity contribution < 1.29 is 19.4 Å². The van der Waals surface area contributed by atoms with Gasteiger partial charge in [-0.15, -0.1) is 0 Å². The molecule has 1 unspecified atom stereocenters. The molecule has 0 bridgehead atoms. The highest BCUT2D eigenvalue weighted by Crippen LogP contribution is 2.37. The molecule has 0 aliphatic heterocycles. The highest BCUT2D eigenvalue weighted by Gasteiger charge is 2.41. The molecule has 1 aliphatic carbocycles. The van der Waals surface area contributed by atoms with E-state index in [4.69, 9.17) is 4.74 Å². The molecule has 2 amide bonds. The molecule has 0 spiro atoms. The van der Waals surface area contributed by atoms with E-state index < -0.39 is 11.4 Å². The van der Waals surface area contributed by atoms with Crippen molar-refractivity contribution >= 4 is 12.0 Å². The molecule has 0 saturated heterocycles. The van der Waals surface area contributed by atoms with Crippen molar-refractivity contribution in [3.05, 3.63) is 0 Å². The van der Waals surface area contributed by atoms with Crippen LogP contribution in [-0.4, -0.2) is 54.9 Å². The summed E-state index contributed by atoms with van der Waals surface area (Å²) in [5.74, 6) is -0.799. The fraction of sp³-hybridized carbons (Fsp3) is 0.867. The number of ether oxygens (including phenoxy) is 1. The minimum Gasteiger partial charge on any atom is -0.481 e. The van der Waals surface area contributed by atoms with Gasteiger partial charge < -0.3 is 20.1 Å². The van der Waals surface area contributed by atoms with Crippen LogP contribution in [0.1, 0.15) is 46.0 Å². The van der Waals surface area contributed by atoms with Gasteiger partial charge in [0.15, 0.2) is 0 Å². The number of amides is 2. The van der Waals surface area contributed by atoms with Crippen LogP contribution in [0.25, 0.3) is 0 Å². The second kappa shape index (κ2) is 8.22. The van der Waals surface area contributed by atoms with Crippen molar-refractivity contribution in [2.24, 2.45) is 5.41 Å². The van der Waals surface area contributed by atoms with Crippen LogP contribution in [0.3, 0.4) is 0 Å². The van der Waals surface area contributed by atoms with Gasteiger partial charge in [-0.2, -0.15) is 0 Å². The molecule has 0 heterocycles. The first kappa shape index (κ1) is 17.8. The zero-order valence-corrected chi connectivity index (χ0v) is 13.4. The number of nitrogens with zero attached hydrogens (tertiary/aromatic N) is 1. The summed E-state index contributed by atoms with van der Waals surface area (Å²) in [7, 11) is 1.60. The van der Waals surface area contributed by atoms with Crippen LogP contribution in [0, 0.1) is 5.41 Å². The van der Waals surface area contributed by atoms with Crippen LogP contribution in [0.2, 0.25) is 0 Å². The minimum atomic E-state index is -0.799. The molecule has 2 N–H and O–H groups in total. The van der Waals surface area contributed by atoms with Gasteiger partial charge in [-0.1, -0.05) is 19.8 Å². The normalized spacial score (nSPS) is 18.2. The van der Waals surface area contributed by atoms with Gasteiger partial charge in [-0.3, -0.25) is 4.79 Å². The molecule has 1 aliphatic rings. The van der Waals surface area contributed by atoms with E-state index in [1.165, 1.54) is 0 Å². The van der Waals surface area contributed by atoms with Crippen molar-refractivity contribution in [1.82, 2.24) is 10.2 Å². The molecule has 0 aromatic rings. The van der Waals surface area contributed by atoms with Gasteiger partial charge >= 0.3 is 12.0 Å². The first-order valence-electron chi connectivity index (χ1n) is 7.73. The molecule has 0 aromatic carbocycles. The lowest BCUT2D eigenvalue weighted by Crippen LogP contribution is -2.50. The summed E-state index contributed by atoms with van der Waals surface area (Å²) < 4.78 is 5.04. The van der Waals surface area contributed by atoms with E-state index in [9.17, 15) is 14.7 Å². The summed E-state index contributed by atoms with van der Waals surface area (Å²) in [4.78, 5) is 25.5. The molecule has 6 heteroatoms. The number of nitrogens with one attached hydrogen (secondary N) is 1. The summed E-state index contributed by atoms with van der Waals surface area (Å²) in [5, 5.41) is 12.2. The number of aliphatic carboxylic acids is 1. The number of methoxy groups -OCH3 is 1. The number of carboxylic acids is 1. The average Bonchev–Trinajstić information content (AvgIpc) is 2.95. The molecule has 1 saturated carbocycles. The fourth-order valence-corrected chi connectivity index (χ4v) is 2.80. The van der Waals surface area contributed by atoms with Crippen LogP contribution in [0.15, 0.2) is 0 Å². The Morgan fingerprint density at radius 2 is 2.00 bits per heavy atom. The van der Waals surface area contributed by atoms with E-state index in [1.54, 1.807) is 12.0 Å². The van der Waals surface area contributed by atoms with Gasteiger partial charge in [0, 0.05) is 26.2 Å². The lowest BCUT2D eigenvalue weighted by Gasteiger charge is -2.31. The molecular formula is C15H28N2O4. The first-order valence-corrected chi connectivity index (χ1v) is 7.73. The molecule has 6 nitrogen and oxygen atoms in total. The molecule has 21 heavy (non-hydrogen) atoms. The Kier molecular flexibility index (Phi) is 6.95. The maximum absolute atomic E-state index is 12.3. The van der Waals surface area contributed by atoms with Gasteiger partial charge in [0.2, 0.25) is 0 Å². The second-order valence-corrected chi connectivity index (χ2v) is 5.89. The van der Waals surface area contributed by atoms with Crippen molar-refractivity contribution in [3.8, 4) is 0 Å². The van der Waals surface area contributed by atoms with Gasteiger partial charge in [0.1, 0.15) is 0 Å². The van der Waals surface area contributed by atoms with E-state index in [-0.39, 0.29) is 18.6 Å². The Morgan fingerprint density at radius 1 is 1.38 bits per heavy atom. The largest absolute Gasteiger partial charge is 0.481 e. The van der Waals surface area contributed by atoms with Gasteiger partial charge in [0.25, 0.3) is 0 Å². The smallest absolute Gasteiger partial charge is 0.317 e. The predicted molar refractivity (Wildman–Crippen MR) is 80.3 cm³/mol. The third kappa shape index (κ3) is 4.59. The van der Waals surface area contributed by atoms with Crippen molar-refractivity contribution in [3.63, 3.8) is 0 Å². The Labute approximate surface area is 126 Å². The third-order valence-corrected chi connectivity index (χ3v) is 4.51. The predicted octanol–water partition coefficient (Wildman–Crippen LogP) is 2.09. The number of hydrogen-bond donors (Lipinski definition) is 2. The molecule has 0 radical (unpaired) electrons. The number of carbonyl (C=O) groups is 2. The van der Waals surface area contributed by atoms with E-state index >= 15 is 0 Å². The van der Waals surface area contributed by atoms with Crippen LogP contribution < -0.4 is 5.32 Å². The SMILES string of the molecule is CCC(C)N(CCOC)C(=O)NCC1(C(=O)O)CCCC1. The van der Waals surface area contributed by atoms with E-state index in [0.717, 1.165) is 19.3 Å². The fourth-order valence-electron chi connectivity index (χ4n) is 2.80. The third-order valence-electron chi connectivity index (χ3n) is 4.51. The van der Waals surface area contributed by atoms with Gasteiger partial charge in [-0.25, -0.2) is 4.79 Å². The minimum absolute atomic E-state index is 0.101. The number of carboxylic acid groups (broad SMARTS) is 1. The molecule has 1 fully saturated rings. The highest BCUT2D eigenvalue weighted by atomic mass is 16.5. The Bertz CT molecular complexity index is 354. The van der Waals surface area contributed by atoms with Gasteiger partial charge in [-0.05, 0) is 26.2 Å². The summed E-state index contributed by atoms with van der Waals surface area (Å²) in [6.07, 6.45) is 3.97. The maximum atomic E-state index is 12.3. The van der Waals surface area contributed by atoms with E-state index in [0.29, 0.717) is 26.0 Å². The van der Waals surface area contributed by atoms with Crippen LogP contribution in [0.5, 0.6) is 0 Å². The van der Waals surface area contributed by atoms with Crippen LogP contribution >= 0.6 is 0 Å². The number of carbonyl (C=O) groups excluding carboxylic acids is 1. The number of hydrogen-bond acceptors (Lipinski definition) is 3. The Morgan fingerprint density at radius 3 is 2.48 bits per heavy atom. The first-order chi connectivity index (χ1) is 9.96. The Balaban J connectivity index is 2.61. The lowest BCUT2D eigenvalue weighted by molar-refractivity contribution is -0.148. The monoisotopic (exact) mass is 300 g/mol. The zero-order chi connectivity index (χ0) is 15.9. The molecule has 1 atom stereocenters. The van der Waals surface area contributed by atoms with Gasteiger partial charge in [0.05, 0.1) is 12.0 Å². The molecule has 122 valence electrons. The van der Waals surface area contributed by atoms with E-state index in [2.05, 4.69) is 5.32 Å². The topological polar surface area (TPSA) is 78.9 Å². The summed E-state index contributed by atoms with van der Waals surface area (Å²) in [6.45, 7) is 5.20. The van der Waals surface area contributed by atoms with E-state index in [1.807, 2.05) is 13.8 Å². The summed E-state index contributed by atoms with van der Waals surface area (Å²) in [5.41, 5.74) is -0.780. The summed E-state index contributed by atoms with van der Waals surface area (Å²) >= 11 is 0. The van der Waals surface area contributed by atoms with Crippen LogP contribution in [0.4, 0.5) is 4.79 Å². The molecular weight excluding hydrogens is 272 g/mol. The zero-order valence-electron chi connectivity index (χ0n) is 13.4. The van der Waals surface area contributed by atoms with Crippen LogP contribution in [-0.2, 0) is 9.53 Å². The number of rotatable bonds is 8. The quantitative estimate of drug-likeness (QED) is 0.719. The maximum Gasteiger partial charge on any atom is 0.317 e. The summed E-state index contributed by atoms with van der Waals surface area (Å²) in [6, 6.07) is -0.0987. The van der Waals surface area contributed by atoms with Crippen molar-refractivity contribution in [1.29, 1.82) is 0 Å².